The first-order valence-corrected chi connectivity index (χ1v) is 8.91. The first kappa shape index (κ1) is 18.0. The van der Waals surface area contributed by atoms with Crippen LogP contribution < -0.4 is 0 Å². The predicted octanol–water partition coefficient (Wildman–Crippen LogP) is 6.19. The molecule has 0 N–H and O–H groups in total. The van der Waals surface area contributed by atoms with Gasteiger partial charge in [0.1, 0.15) is 0 Å². The van der Waals surface area contributed by atoms with Crippen molar-refractivity contribution in [2.45, 2.75) is 72.1 Å². The van der Waals surface area contributed by atoms with Crippen molar-refractivity contribution in [1.82, 2.24) is 0 Å². The molecule has 0 amide bonds. The molecule has 0 aliphatic heterocycles. The van der Waals surface area contributed by atoms with E-state index in [-0.39, 0.29) is 25.8 Å². The maximum absolute atomic E-state index is 2.53. The number of rotatable bonds is 6. The van der Waals surface area contributed by atoms with Gasteiger partial charge >= 0.3 is 0 Å². The van der Waals surface area contributed by atoms with Crippen LogP contribution in [0.4, 0.5) is 0 Å². The van der Waals surface area contributed by atoms with Gasteiger partial charge in [-0.3, -0.25) is 0 Å². The van der Waals surface area contributed by atoms with Gasteiger partial charge in [-0.05, 0) is 31.1 Å². The van der Waals surface area contributed by atoms with Crippen molar-refractivity contribution in [2.24, 2.45) is 5.41 Å². The van der Waals surface area contributed by atoms with Gasteiger partial charge in [0.25, 0.3) is 0 Å². The van der Waals surface area contributed by atoms with Crippen LogP contribution in [-0.2, 0) is 45.1 Å². The Kier molecular flexibility index (Phi) is 6.16. The molecule has 0 heterocycles. The van der Waals surface area contributed by atoms with Gasteiger partial charge in [0.15, 0.2) is 0 Å². The van der Waals surface area contributed by atoms with Crippen LogP contribution in [0.2, 0.25) is 0 Å². The van der Waals surface area contributed by atoms with Gasteiger partial charge in [0.2, 0.25) is 0 Å². The molecular formula is C21H29Hf-. The third-order valence-corrected chi connectivity index (χ3v) is 5.86. The van der Waals surface area contributed by atoms with Crippen LogP contribution >= 0.6 is 0 Å². The molecule has 22 heavy (non-hydrogen) atoms. The minimum absolute atomic E-state index is 0. The Morgan fingerprint density at radius 1 is 1.00 bits per heavy atom. The molecule has 0 aromatic heterocycles. The maximum atomic E-state index is 2.53. The normalized spacial score (nSPS) is 15.8. The molecule has 0 bridgehead atoms. The molecule has 0 nitrogen and oxygen atoms in total. The summed E-state index contributed by atoms with van der Waals surface area (Å²) in [5.41, 5.74) is 5.38. The van der Waals surface area contributed by atoms with Crippen LogP contribution in [0.3, 0.4) is 0 Å². The van der Waals surface area contributed by atoms with Crippen LogP contribution in [0, 0.1) is 5.41 Å². The zero-order valence-electron chi connectivity index (χ0n) is 14.5. The van der Waals surface area contributed by atoms with E-state index in [1.807, 2.05) is 0 Å². The number of fused-ring (bicyclic) bond motifs is 2. The number of hydrogen-bond acceptors (Lipinski definition) is 0. The third-order valence-electron chi connectivity index (χ3n) is 5.86. The van der Waals surface area contributed by atoms with Gasteiger partial charge in [-0.25, -0.2) is 0 Å². The average Bonchev–Trinajstić information content (AvgIpc) is 3.06. The van der Waals surface area contributed by atoms with Crippen molar-refractivity contribution in [3.05, 3.63) is 41.0 Å². The monoisotopic (exact) mass is 461 g/mol. The van der Waals surface area contributed by atoms with Crippen molar-refractivity contribution in [1.29, 1.82) is 0 Å². The van der Waals surface area contributed by atoms with E-state index in [0.717, 1.165) is 0 Å². The van der Waals surface area contributed by atoms with Gasteiger partial charge < -0.3 is 0 Å². The van der Waals surface area contributed by atoms with E-state index in [2.05, 4.69) is 45.0 Å². The van der Waals surface area contributed by atoms with Crippen molar-refractivity contribution in [3.8, 4) is 0 Å². The van der Waals surface area contributed by atoms with E-state index >= 15 is 0 Å². The number of aryl methyl sites for hydroxylation is 1. The van der Waals surface area contributed by atoms with E-state index in [0.29, 0.717) is 5.41 Å². The smallest absolute Gasteiger partial charge is 0 e. The van der Waals surface area contributed by atoms with E-state index in [9.17, 15) is 0 Å². The van der Waals surface area contributed by atoms with Gasteiger partial charge in [-0.15, -0.1) is 34.5 Å². The molecule has 0 unspecified atom stereocenters. The number of hydrogen-bond donors (Lipinski definition) is 0. The molecule has 2 aromatic carbocycles. The summed E-state index contributed by atoms with van der Waals surface area (Å²) in [6.45, 7) is 7.02. The SMILES string of the molecule is CCCCC[c-]1ccc2cc3c(cc21)CC(CC)(CC)C3.[Hf]. The van der Waals surface area contributed by atoms with Crippen molar-refractivity contribution in [2.75, 3.05) is 0 Å². The second-order valence-electron chi connectivity index (χ2n) is 7.08. The predicted molar refractivity (Wildman–Crippen MR) is 93.2 cm³/mol. The first-order chi connectivity index (χ1) is 10.2. The molecule has 1 aliphatic rings. The van der Waals surface area contributed by atoms with Crippen LogP contribution in [0.1, 0.15) is 69.6 Å². The summed E-state index contributed by atoms with van der Waals surface area (Å²) < 4.78 is 0. The molecule has 0 fully saturated rings. The fourth-order valence-corrected chi connectivity index (χ4v) is 4.14. The zero-order valence-corrected chi connectivity index (χ0v) is 18.1. The van der Waals surface area contributed by atoms with Gasteiger partial charge in [-0.2, -0.15) is 6.07 Å². The quantitative estimate of drug-likeness (QED) is 0.274. The molecule has 1 aliphatic carbocycles. The van der Waals surface area contributed by atoms with E-state index in [1.165, 1.54) is 62.1 Å². The Bertz CT molecular complexity index is 616. The second kappa shape index (κ2) is 7.51. The van der Waals surface area contributed by atoms with Crippen molar-refractivity contribution >= 4 is 10.8 Å². The Labute approximate surface area is 154 Å². The molecule has 0 saturated heterocycles. The first-order valence-electron chi connectivity index (χ1n) is 8.91. The van der Waals surface area contributed by atoms with E-state index in [1.54, 1.807) is 16.7 Å². The summed E-state index contributed by atoms with van der Waals surface area (Å²) in [6.07, 6.45) is 10.5. The summed E-state index contributed by atoms with van der Waals surface area (Å²) in [5, 5.41) is 3.01. The molecule has 2 aromatic rings. The summed E-state index contributed by atoms with van der Waals surface area (Å²) >= 11 is 0. The summed E-state index contributed by atoms with van der Waals surface area (Å²) in [7, 11) is 0. The third kappa shape index (κ3) is 3.30. The molecule has 0 radical (unpaired) electrons. The van der Waals surface area contributed by atoms with Gasteiger partial charge in [0, 0.05) is 25.8 Å². The van der Waals surface area contributed by atoms with E-state index < -0.39 is 0 Å². The van der Waals surface area contributed by atoms with Crippen LogP contribution in [-0.4, -0.2) is 0 Å². The van der Waals surface area contributed by atoms with Gasteiger partial charge in [0.05, 0.1) is 0 Å². The second-order valence-corrected chi connectivity index (χ2v) is 7.08. The minimum Gasteiger partial charge on any atom is -0.168 e. The average molecular weight is 460 g/mol. The van der Waals surface area contributed by atoms with Crippen LogP contribution in [0.5, 0.6) is 0 Å². The summed E-state index contributed by atoms with van der Waals surface area (Å²) in [5.74, 6) is 0. The minimum atomic E-state index is 0. The zero-order chi connectivity index (χ0) is 14.9. The van der Waals surface area contributed by atoms with Gasteiger partial charge in [-0.1, -0.05) is 57.6 Å². The molecule has 0 saturated carbocycles. The fraction of sp³-hybridized carbons (Fsp3) is 0.571. The summed E-state index contributed by atoms with van der Waals surface area (Å²) in [4.78, 5) is 0. The van der Waals surface area contributed by atoms with Crippen molar-refractivity contribution in [3.63, 3.8) is 0 Å². The topological polar surface area (TPSA) is 0 Å². The van der Waals surface area contributed by atoms with Crippen LogP contribution in [0.15, 0.2) is 24.3 Å². The molecule has 0 spiro atoms. The van der Waals surface area contributed by atoms with Crippen LogP contribution in [0.25, 0.3) is 10.8 Å². The largest absolute Gasteiger partial charge is 0.168 e. The Morgan fingerprint density at radius 2 is 1.68 bits per heavy atom. The standard InChI is InChI=1S/C21H29.Hf/c1-4-7-8-9-16-10-11-17-12-18-14-21(5-2,6-3)15-19(18)13-20(16)17;/h10-13H,4-9,14-15H2,1-3H3;/q-1;. The van der Waals surface area contributed by atoms with E-state index in [4.69, 9.17) is 0 Å². The Morgan fingerprint density at radius 3 is 2.32 bits per heavy atom. The maximum Gasteiger partial charge on any atom is 0 e. The molecular weight excluding hydrogens is 431 g/mol. The molecule has 0 atom stereocenters. The Balaban J connectivity index is 0.00000176. The molecule has 3 rings (SSSR count). The number of benzene rings is 1. The van der Waals surface area contributed by atoms with Crippen molar-refractivity contribution < 1.29 is 25.8 Å². The Hall–Kier alpha value is -0.300. The summed E-state index contributed by atoms with van der Waals surface area (Å²) in [6, 6.07) is 9.72. The fourth-order valence-electron chi connectivity index (χ4n) is 4.14. The molecule has 1 heteroatoms. The number of unbranched alkanes of at least 4 members (excludes halogenated alkanes) is 2. The molecule has 118 valence electrons.